The number of rotatable bonds is 11. The number of nitrogens with one attached hydrogen (secondary N) is 1. The Morgan fingerprint density at radius 2 is 1.72 bits per heavy atom. The van der Waals surface area contributed by atoms with E-state index in [2.05, 4.69) is 5.48 Å². The summed E-state index contributed by atoms with van der Waals surface area (Å²) >= 11 is 0. The van der Waals surface area contributed by atoms with Crippen LogP contribution in [-0.4, -0.2) is 34.6 Å². The molecule has 0 fully saturated rings. The molecule has 0 amide bonds. The number of hydrogen-bond donors (Lipinski definition) is 1. The molecule has 9 nitrogen and oxygen atoms in total. The minimum Gasteiger partial charge on any atom is -0.460 e. The van der Waals surface area contributed by atoms with E-state index in [9.17, 15) is 19.7 Å². The van der Waals surface area contributed by atoms with Crippen LogP contribution in [-0.2, 0) is 37.1 Å². The summed E-state index contributed by atoms with van der Waals surface area (Å²) in [5.74, 6) is 0.932. The quantitative estimate of drug-likeness (QED) is 0.244. The SMILES string of the molecule is CC(C)(C)O[C@H](C=C=O)[C@H](NOCc1ccccc1)C(=O)OCc1ccc([N+](=O)[O-])cc1. The van der Waals surface area contributed by atoms with Crippen molar-refractivity contribution in [2.45, 2.75) is 51.7 Å². The highest BCUT2D eigenvalue weighted by Gasteiger charge is 2.33. The molecule has 9 heteroatoms. The van der Waals surface area contributed by atoms with Gasteiger partial charge in [-0.25, -0.2) is 4.79 Å². The fourth-order valence-electron chi connectivity index (χ4n) is 2.67. The van der Waals surface area contributed by atoms with E-state index in [-0.39, 0.29) is 18.9 Å². The molecule has 0 radical (unpaired) electrons. The number of nitrogens with zero attached hydrogens (tertiary/aromatic N) is 1. The maximum absolute atomic E-state index is 12.8. The average molecular weight is 442 g/mol. The lowest BCUT2D eigenvalue weighted by Crippen LogP contribution is -2.49. The number of ether oxygens (including phenoxy) is 2. The lowest BCUT2D eigenvalue weighted by atomic mass is 10.1. The molecule has 2 rings (SSSR count). The Morgan fingerprint density at radius 3 is 2.28 bits per heavy atom. The number of hydroxylamine groups is 1. The molecule has 32 heavy (non-hydrogen) atoms. The predicted octanol–water partition coefficient (Wildman–Crippen LogP) is 3.30. The van der Waals surface area contributed by atoms with E-state index in [0.717, 1.165) is 11.6 Å². The number of carbonyl (C=O) groups is 1. The van der Waals surface area contributed by atoms with Crippen LogP contribution >= 0.6 is 0 Å². The molecule has 0 aliphatic heterocycles. The second kappa shape index (κ2) is 11.9. The molecular formula is C23H26N2O7. The van der Waals surface area contributed by atoms with Crippen molar-refractivity contribution < 1.29 is 28.8 Å². The van der Waals surface area contributed by atoms with Gasteiger partial charge in [0.25, 0.3) is 5.69 Å². The highest BCUT2D eigenvalue weighted by molar-refractivity contribution is 5.77. The highest BCUT2D eigenvalue weighted by atomic mass is 16.7. The van der Waals surface area contributed by atoms with E-state index in [4.69, 9.17) is 14.3 Å². The number of benzene rings is 2. The summed E-state index contributed by atoms with van der Waals surface area (Å²) in [5.41, 5.74) is 3.33. The summed E-state index contributed by atoms with van der Waals surface area (Å²) in [7, 11) is 0. The first-order valence-electron chi connectivity index (χ1n) is 9.89. The van der Waals surface area contributed by atoms with E-state index in [1.54, 1.807) is 26.7 Å². The van der Waals surface area contributed by atoms with Crippen LogP contribution in [0.1, 0.15) is 31.9 Å². The maximum atomic E-state index is 12.8. The van der Waals surface area contributed by atoms with Crippen LogP contribution in [0.4, 0.5) is 5.69 Å². The van der Waals surface area contributed by atoms with Gasteiger partial charge in [-0.3, -0.25) is 19.7 Å². The van der Waals surface area contributed by atoms with E-state index in [0.29, 0.717) is 5.56 Å². The molecule has 0 heterocycles. The summed E-state index contributed by atoms with van der Waals surface area (Å²) in [5, 5.41) is 10.8. The van der Waals surface area contributed by atoms with Gasteiger partial charge >= 0.3 is 5.97 Å². The third-order valence-corrected chi connectivity index (χ3v) is 4.12. The van der Waals surface area contributed by atoms with E-state index >= 15 is 0 Å². The Balaban J connectivity index is 2.10. The zero-order valence-electron chi connectivity index (χ0n) is 18.1. The third-order valence-electron chi connectivity index (χ3n) is 4.12. The second-order valence-electron chi connectivity index (χ2n) is 7.88. The van der Waals surface area contributed by atoms with E-state index in [1.165, 1.54) is 24.3 Å². The molecule has 0 bridgehead atoms. The topological polar surface area (TPSA) is 117 Å². The molecule has 0 aliphatic carbocycles. The normalized spacial score (nSPS) is 13.0. The van der Waals surface area contributed by atoms with E-state index < -0.39 is 28.6 Å². The number of nitro groups is 1. The molecule has 170 valence electrons. The van der Waals surface area contributed by atoms with Gasteiger partial charge in [0.1, 0.15) is 18.7 Å². The zero-order chi connectivity index (χ0) is 23.6. The van der Waals surface area contributed by atoms with Gasteiger partial charge in [-0.1, -0.05) is 30.3 Å². The maximum Gasteiger partial charge on any atom is 0.328 e. The van der Waals surface area contributed by atoms with Crippen molar-refractivity contribution in [2.24, 2.45) is 0 Å². The number of hydrogen-bond acceptors (Lipinski definition) is 8. The monoisotopic (exact) mass is 442 g/mol. The highest BCUT2D eigenvalue weighted by Crippen LogP contribution is 2.17. The standard InChI is InChI=1S/C23H26N2O7/c1-23(2,3)32-20(13-14-26)21(24-31-16-17-7-5-4-6-8-17)22(27)30-15-18-9-11-19(12-10-18)25(28)29/h4-13,20-21,24H,15-16H2,1-3H3/t20-,21+/m1/s1. The van der Waals surface area contributed by atoms with Crippen molar-refractivity contribution in [3.63, 3.8) is 0 Å². The third kappa shape index (κ3) is 8.41. The summed E-state index contributed by atoms with van der Waals surface area (Å²) in [4.78, 5) is 39.6. The summed E-state index contributed by atoms with van der Waals surface area (Å²) < 4.78 is 11.2. The number of esters is 1. The summed E-state index contributed by atoms with van der Waals surface area (Å²) in [6, 6.07) is 13.8. The molecule has 2 aromatic carbocycles. The Kier molecular flexibility index (Phi) is 9.24. The van der Waals surface area contributed by atoms with Crippen molar-refractivity contribution in [2.75, 3.05) is 0 Å². The van der Waals surface area contributed by atoms with Crippen molar-refractivity contribution in [3.05, 3.63) is 81.9 Å². The van der Waals surface area contributed by atoms with Crippen LogP contribution in [0.15, 0.2) is 60.7 Å². The summed E-state index contributed by atoms with van der Waals surface area (Å²) in [6.07, 6.45) is 0.0784. The van der Waals surface area contributed by atoms with Crippen LogP contribution in [0.2, 0.25) is 0 Å². The summed E-state index contributed by atoms with van der Waals surface area (Å²) in [6.45, 7) is 5.38. The first-order valence-corrected chi connectivity index (χ1v) is 9.89. The van der Waals surface area contributed by atoms with Gasteiger partial charge in [0.2, 0.25) is 0 Å². The van der Waals surface area contributed by atoms with Gasteiger partial charge in [0, 0.05) is 18.2 Å². The first kappa shape index (κ1) is 24.9. The minimum atomic E-state index is -1.16. The molecular weight excluding hydrogens is 416 g/mol. The molecule has 2 aromatic rings. The fraction of sp³-hybridized carbons (Fsp3) is 0.348. The molecule has 0 spiro atoms. The van der Waals surface area contributed by atoms with Crippen LogP contribution in [0, 0.1) is 10.1 Å². The molecule has 0 unspecified atom stereocenters. The predicted molar refractivity (Wildman–Crippen MR) is 116 cm³/mol. The van der Waals surface area contributed by atoms with Crippen molar-refractivity contribution in [1.82, 2.24) is 5.48 Å². The Morgan fingerprint density at radius 1 is 1.09 bits per heavy atom. The Labute approximate surface area is 186 Å². The fourth-order valence-corrected chi connectivity index (χ4v) is 2.67. The van der Waals surface area contributed by atoms with Gasteiger partial charge in [-0.05, 0) is 44.0 Å². The van der Waals surface area contributed by atoms with Gasteiger partial charge in [-0.15, -0.1) is 0 Å². The van der Waals surface area contributed by atoms with Crippen molar-refractivity contribution in [3.8, 4) is 0 Å². The van der Waals surface area contributed by atoms with Gasteiger partial charge in [0.15, 0.2) is 6.04 Å². The molecule has 0 aliphatic rings. The van der Waals surface area contributed by atoms with Gasteiger partial charge < -0.3 is 9.47 Å². The number of carbonyl (C=O) groups excluding carboxylic acids is 2. The lowest BCUT2D eigenvalue weighted by molar-refractivity contribution is -0.384. The molecule has 1 N–H and O–H groups in total. The van der Waals surface area contributed by atoms with Crippen molar-refractivity contribution in [1.29, 1.82) is 0 Å². The van der Waals surface area contributed by atoms with Gasteiger partial charge in [0.05, 0.1) is 17.1 Å². The molecule has 0 saturated heterocycles. The first-order chi connectivity index (χ1) is 15.2. The van der Waals surface area contributed by atoms with Crippen LogP contribution < -0.4 is 5.48 Å². The second-order valence-corrected chi connectivity index (χ2v) is 7.88. The average Bonchev–Trinajstić information content (AvgIpc) is 2.75. The van der Waals surface area contributed by atoms with Crippen LogP contribution in [0.5, 0.6) is 0 Å². The smallest absolute Gasteiger partial charge is 0.328 e. The Bertz CT molecular complexity index is 933. The molecule has 0 saturated carbocycles. The number of non-ortho nitro benzene ring substituents is 1. The molecule has 0 aromatic heterocycles. The minimum absolute atomic E-state index is 0.0660. The Hall–Kier alpha value is -3.36. The van der Waals surface area contributed by atoms with Gasteiger partial charge in [-0.2, -0.15) is 5.48 Å². The van der Waals surface area contributed by atoms with Crippen molar-refractivity contribution >= 4 is 17.6 Å². The van der Waals surface area contributed by atoms with Crippen LogP contribution in [0.25, 0.3) is 0 Å². The van der Waals surface area contributed by atoms with Crippen LogP contribution in [0.3, 0.4) is 0 Å². The number of nitro benzene ring substituents is 1. The lowest BCUT2D eigenvalue weighted by Gasteiger charge is -2.29. The molecule has 2 atom stereocenters. The zero-order valence-corrected chi connectivity index (χ0v) is 18.1. The largest absolute Gasteiger partial charge is 0.460 e. The van der Waals surface area contributed by atoms with E-state index in [1.807, 2.05) is 30.3 Å².